The summed E-state index contributed by atoms with van der Waals surface area (Å²) in [5, 5.41) is 5.56. The molecule has 13 heteroatoms. The average Bonchev–Trinajstić information content (AvgIpc) is 3.36. The van der Waals surface area contributed by atoms with Crippen LogP contribution in [0.3, 0.4) is 0 Å². The summed E-state index contributed by atoms with van der Waals surface area (Å²) in [5.41, 5.74) is 6.51. The number of hydrogen-bond donors (Lipinski definition) is 2. The molecule has 3 rings (SSSR count). The number of thiazole rings is 1. The fourth-order valence-electron chi connectivity index (χ4n) is 3.43. The van der Waals surface area contributed by atoms with E-state index >= 15 is 0 Å². The summed E-state index contributed by atoms with van der Waals surface area (Å²) >= 11 is 4.73. The Morgan fingerprint density at radius 1 is 1.37 bits per heavy atom. The van der Waals surface area contributed by atoms with Crippen molar-refractivity contribution in [1.29, 1.82) is 0 Å². The molecule has 0 radical (unpaired) electrons. The Morgan fingerprint density at radius 2 is 2.14 bits per heavy atom. The van der Waals surface area contributed by atoms with Crippen LogP contribution in [0.15, 0.2) is 50.5 Å². The maximum atomic E-state index is 13.8. The van der Waals surface area contributed by atoms with Crippen LogP contribution in [0.4, 0.5) is 9.18 Å². The zero-order valence-electron chi connectivity index (χ0n) is 19.0. The molecule has 2 heterocycles. The Morgan fingerprint density at radius 3 is 2.74 bits per heavy atom. The molecule has 1 atom stereocenters. The molecular formula is C22H24BrFN6O4S. The number of urea groups is 1. The van der Waals surface area contributed by atoms with Crippen molar-refractivity contribution >= 4 is 51.4 Å². The number of nitrogens with one attached hydrogen (secondary N) is 1. The molecule has 0 spiro atoms. The second-order valence-corrected chi connectivity index (χ2v) is 9.30. The largest absolute Gasteiger partial charge is 0.466 e. The molecule has 1 aliphatic heterocycles. The van der Waals surface area contributed by atoms with Gasteiger partial charge in [0.05, 0.1) is 19.2 Å². The van der Waals surface area contributed by atoms with Gasteiger partial charge in [-0.1, -0.05) is 22.0 Å². The van der Waals surface area contributed by atoms with Crippen molar-refractivity contribution < 1.29 is 23.5 Å². The molecular weight excluding hydrogens is 543 g/mol. The molecule has 2 amide bonds. The molecule has 0 unspecified atom stereocenters. The molecule has 186 valence electrons. The van der Waals surface area contributed by atoms with Crippen LogP contribution >= 0.6 is 27.3 Å². The zero-order valence-corrected chi connectivity index (χ0v) is 21.4. The number of carbonyl (C=O) groups excluding carboxylic acids is 3. The lowest BCUT2D eigenvalue weighted by molar-refractivity contribution is -0.136. The summed E-state index contributed by atoms with van der Waals surface area (Å²) in [5.74, 6) is -0.654. The number of hydrogen-bond acceptors (Lipinski definition) is 9. The number of halogens is 2. The number of aliphatic imine (C=N–C) groups is 1. The number of aldehydes is 1. The second kappa shape index (κ2) is 12.0. The number of carbonyl (C=O) groups is 3. The molecule has 0 bridgehead atoms. The third-order valence-electron chi connectivity index (χ3n) is 5.27. The van der Waals surface area contributed by atoms with Crippen molar-refractivity contribution in [2.75, 3.05) is 40.3 Å². The van der Waals surface area contributed by atoms with Gasteiger partial charge in [-0.25, -0.2) is 19.0 Å². The second-order valence-electron chi connectivity index (χ2n) is 7.55. The van der Waals surface area contributed by atoms with Crippen molar-refractivity contribution in [2.24, 2.45) is 10.7 Å². The molecule has 1 aromatic carbocycles. The molecule has 0 aliphatic carbocycles. The topological polar surface area (TPSA) is 130 Å². The molecule has 3 N–H and O–H groups in total. The Hall–Kier alpha value is -3.16. The maximum absolute atomic E-state index is 13.8. The van der Waals surface area contributed by atoms with Gasteiger partial charge in [-0.15, -0.1) is 11.3 Å². The first-order valence-electron chi connectivity index (χ1n) is 10.4. The van der Waals surface area contributed by atoms with Gasteiger partial charge in [-0.3, -0.25) is 9.89 Å². The van der Waals surface area contributed by atoms with E-state index in [1.807, 2.05) is 0 Å². The number of methoxy groups -OCH3 is 1. The third-order valence-corrected chi connectivity index (χ3v) is 6.73. The van der Waals surface area contributed by atoms with Gasteiger partial charge < -0.3 is 25.5 Å². The lowest BCUT2D eigenvalue weighted by atomic mass is 9.95. The molecule has 0 fully saturated rings. The highest BCUT2D eigenvalue weighted by molar-refractivity contribution is 9.10. The van der Waals surface area contributed by atoms with Crippen molar-refractivity contribution in [3.63, 3.8) is 0 Å². The van der Waals surface area contributed by atoms with Crippen LogP contribution in [0.1, 0.15) is 16.6 Å². The summed E-state index contributed by atoms with van der Waals surface area (Å²) in [6, 6.07) is 2.69. The van der Waals surface area contributed by atoms with Crippen LogP contribution < -0.4 is 11.1 Å². The molecule has 2 aromatic rings. The van der Waals surface area contributed by atoms with Crippen LogP contribution in [0.5, 0.6) is 0 Å². The van der Waals surface area contributed by atoms with E-state index in [1.165, 1.54) is 35.5 Å². The average molecular weight is 567 g/mol. The van der Waals surface area contributed by atoms with Crippen molar-refractivity contribution in [2.45, 2.75) is 6.04 Å². The Balaban J connectivity index is 2.07. The molecule has 1 aromatic heterocycles. The maximum Gasteiger partial charge on any atom is 0.338 e. The van der Waals surface area contributed by atoms with Gasteiger partial charge in [0.25, 0.3) is 0 Å². The number of benzene rings is 1. The van der Waals surface area contributed by atoms with Gasteiger partial charge in [0, 0.05) is 48.4 Å². The van der Waals surface area contributed by atoms with Gasteiger partial charge in [-0.2, -0.15) is 0 Å². The summed E-state index contributed by atoms with van der Waals surface area (Å²) in [6.07, 6.45) is 2.36. The summed E-state index contributed by atoms with van der Waals surface area (Å²) in [7, 11) is 2.81. The van der Waals surface area contributed by atoms with E-state index in [-0.39, 0.29) is 25.2 Å². The molecule has 0 saturated heterocycles. The fourth-order valence-corrected chi connectivity index (χ4v) is 4.59. The van der Waals surface area contributed by atoms with Crippen LogP contribution in [0.25, 0.3) is 0 Å². The number of nitrogens with two attached hydrogens (primary N) is 1. The summed E-state index contributed by atoms with van der Waals surface area (Å²) < 4.78 is 19.3. The first-order chi connectivity index (χ1) is 16.7. The smallest absolute Gasteiger partial charge is 0.338 e. The molecule has 1 aliphatic rings. The highest BCUT2D eigenvalue weighted by atomic mass is 79.9. The number of primary amides is 1. The quantitative estimate of drug-likeness (QED) is 0.332. The minimum absolute atomic E-state index is 0.0425. The Kier molecular flexibility index (Phi) is 9.07. The van der Waals surface area contributed by atoms with Gasteiger partial charge in [0.1, 0.15) is 18.1 Å². The number of amides is 2. The number of rotatable bonds is 10. The van der Waals surface area contributed by atoms with Gasteiger partial charge in [0.15, 0.2) is 10.8 Å². The number of nitrogens with zero attached hydrogens (tertiary/aromatic N) is 4. The molecule has 10 nitrogen and oxygen atoms in total. The number of ether oxygens (including phenoxy) is 1. The predicted molar refractivity (Wildman–Crippen MR) is 132 cm³/mol. The monoisotopic (exact) mass is 566 g/mol. The summed E-state index contributed by atoms with van der Waals surface area (Å²) in [6.45, 7) is 0.757. The van der Waals surface area contributed by atoms with Crippen molar-refractivity contribution in [1.82, 2.24) is 20.1 Å². The van der Waals surface area contributed by atoms with E-state index in [0.29, 0.717) is 33.1 Å². The van der Waals surface area contributed by atoms with Crippen molar-refractivity contribution in [3.8, 4) is 0 Å². The Bertz CT molecular complexity index is 1160. The highest BCUT2D eigenvalue weighted by Crippen LogP contribution is 2.36. The van der Waals surface area contributed by atoms with Crippen LogP contribution in [0.2, 0.25) is 0 Å². The number of amidine groups is 1. The summed E-state index contributed by atoms with van der Waals surface area (Å²) in [4.78, 5) is 47.8. The van der Waals surface area contributed by atoms with E-state index in [2.05, 4.69) is 26.2 Å². The number of likely N-dealkylation sites (N-methyl/N-ethyl adjacent to an activating group) is 1. The van der Waals surface area contributed by atoms with E-state index in [1.54, 1.807) is 29.6 Å². The third kappa shape index (κ3) is 6.50. The van der Waals surface area contributed by atoms with Crippen molar-refractivity contribution in [3.05, 3.63) is 61.9 Å². The lowest BCUT2D eigenvalue weighted by Crippen LogP contribution is -2.43. The van der Waals surface area contributed by atoms with E-state index in [9.17, 15) is 18.8 Å². The zero-order chi connectivity index (χ0) is 25.5. The van der Waals surface area contributed by atoms with Gasteiger partial charge >= 0.3 is 12.0 Å². The van der Waals surface area contributed by atoms with Crippen LogP contribution in [-0.4, -0.2) is 79.2 Å². The van der Waals surface area contributed by atoms with Gasteiger partial charge in [-0.05, 0) is 17.7 Å². The molecule has 35 heavy (non-hydrogen) atoms. The van der Waals surface area contributed by atoms with Crippen LogP contribution in [-0.2, 0) is 14.3 Å². The van der Waals surface area contributed by atoms with E-state index in [4.69, 9.17) is 15.5 Å². The predicted octanol–water partition coefficient (Wildman–Crippen LogP) is 2.07. The van der Waals surface area contributed by atoms with E-state index in [0.717, 1.165) is 6.29 Å². The highest BCUT2D eigenvalue weighted by Gasteiger charge is 2.34. The SMILES string of the molecule is COC(=O)C1=C(CN(CC=O)CCN(C)C(N)=O)NC(c2nccs2)=N[C@H]1c1ccc(F)cc1Br. The number of aromatic nitrogens is 1. The number of esters is 1. The lowest BCUT2D eigenvalue weighted by Gasteiger charge is -2.30. The van der Waals surface area contributed by atoms with E-state index < -0.39 is 23.9 Å². The van der Waals surface area contributed by atoms with Crippen LogP contribution in [0, 0.1) is 5.82 Å². The Labute approximate surface area is 213 Å². The first-order valence-corrected chi connectivity index (χ1v) is 12.1. The fraction of sp³-hybridized carbons (Fsp3) is 0.318. The standard InChI is InChI=1S/C22H24BrFN6O4S/c1-29(22(25)33)6-7-30(8-9-31)12-16-17(21(32)34-2)18(14-4-3-13(24)11-15(14)23)28-19(27-16)20-26-5-10-35-20/h3-5,9-11,18H,6-8,12H2,1-2H3,(H2,25,33)(H,27,28)/t18-/m0/s1. The molecule has 0 saturated carbocycles. The van der Waals surface area contributed by atoms with Gasteiger partial charge in [0.2, 0.25) is 0 Å². The normalized spacial score (nSPS) is 15.5. The minimum Gasteiger partial charge on any atom is -0.466 e. The minimum atomic E-state index is -0.834. The first kappa shape index (κ1) is 26.4.